The number of fused-ring (bicyclic) bond motifs is 3. The molecule has 0 amide bonds. The molecule has 1 nitrogen and oxygen atoms in total. The molecule has 1 aliphatic rings. The van der Waals surface area contributed by atoms with E-state index in [2.05, 4.69) is 70.2 Å². The first kappa shape index (κ1) is 19.7. The Morgan fingerprint density at radius 3 is 2.19 bits per heavy atom. The minimum absolute atomic E-state index is 0.105. The van der Waals surface area contributed by atoms with E-state index in [-0.39, 0.29) is 5.41 Å². The Kier molecular flexibility index (Phi) is 6.09. The smallest absolute Gasteiger partial charge is 0.126 e. The molecule has 0 atom stereocenters. The predicted molar refractivity (Wildman–Crippen MR) is 118 cm³/mol. The molecule has 144 valence electrons. The van der Waals surface area contributed by atoms with E-state index in [4.69, 9.17) is 4.74 Å². The fourth-order valence-electron chi connectivity index (χ4n) is 4.82. The summed E-state index contributed by atoms with van der Waals surface area (Å²) in [6.45, 7) is 8.97. The van der Waals surface area contributed by atoms with Gasteiger partial charge < -0.3 is 4.74 Å². The van der Waals surface area contributed by atoms with E-state index >= 15 is 0 Å². The highest BCUT2D eigenvalue weighted by Gasteiger charge is 2.43. The van der Waals surface area contributed by atoms with Crippen LogP contribution in [-0.4, -0.2) is 7.11 Å². The SMILES string of the molecule is CCCCC1(CCCC)c2ccccc2-c2ccc(OC)c(C=C(C)C)c21. The van der Waals surface area contributed by atoms with Gasteiger partial charge in [-0.3, -0.25) is 0 Å². The summed E-state index contributed by atoms with van der Waals surface area (Å²) >= 11 is 0. The Balaban J connectivity index is 2.35. The van der Waals surface area contributed by atoms with Gasteiger partial charge in [0.2, 0.25) is 0 Å². The Bertz CT molecular complexity index is 816. The Hall–Kier alpha value is -2.02. The number of rotatable bonds is 8. The normalized spacial score (nSPS) is 13.8. The zero-order valence-electron chi connectivity index (χ0n) is 17.7. The van der Waals surface area contributed by atoms with Crippen molar-refractivity contribution in [3.63, 3.8) is 0 Å². The maximum atomic E-state index is 5.83. The highest BCUT2D eigenvalue weighted by molar-refractivity contribution is 5.86. The van der Waals surface area contributed by atoms with Gasteiger partial charge in [0.05, 0.1) is 7.11 Å². The molecule has 0 N–H and O–H groups in total. The first-order valence-corrected chi connectivity index (χ1v) is 10.5. The summed E-state index contributed by atoms with van der Waals surface area (Å²) in [6.07, 6.45) is 9.72. The standard InChI is InChI=1S/C26H34O/c1-6-8-16-26(17-9-7-2)23-13-11-10-12-20(23)21-14-15-24(27-5)22(25(21)26)18-19(3)4/h10-15,18H,6-9,16-17H2,1-5H3. The van der Waals surface area contributed by atoms with E-state index in [1.54, 1.807) is 7.11 Å². The van der Waals surface area contributed by atoms with Crippen LogP contribution < -0.4 is 4.74 Å². The number of hydrogen-bond donors (Lipinski definition) is 0. The molecule has 0 saturated heterocycles. The molecule has 0 fully saturated rings. The molecule has 0 aliphatic heterocycles. The molecule has 0 spiro atoms. The molecule has 0 saturated carbocycles. The number of methoxy groups -OCH3 is 1. The Labute approximate surface area is 165 Å². The Morgan fingerprint density at radius 2 is 1.59 bits per heavy atom. The Morgan fingerprint density at radius 1 is 0.926 bits per heavy atom. The van der Waals surface area contributed by atoms with Gasteiger partial charge in [-0.2, -0.15) is 0 Å². The molecular formula is C26H34O. The van der Waals surface area contributed by atoms with Crippen LogP contribution in [0.25, 0.3) is 17.2 Å². The van der Waals surface area contributed by atoms with Crippen LogP contribution in [0.3, 0.4) is 0 Å². The summed E-state index contributed by atoms with van der Waals surface area (Å²) in [5.74, 6) is 1.00. The topological polar surface area (TPSA) is 9.23 Å². The maximum absolute atomic E-state index is 5.83. The van der Waals surface area contributed by atoms with Crippen molar-refractivity contribution < 1.29 is 4.74 Å². The van der Waals surface area contributed by atoms with E-state index in [0.717, 1.165) is 5.75 Å². The third kappa shape index (κ3) is 3.45. The highest BCUT2D eigenvalue weighted by atomic mass is 16.5. The molecule has 27 heavy (non-hydrogen) atoms. The molecule has 0 unspecified atom stereocenters. The molecule has 1 aliphatic carbocycles. The first-order valence-electron chi connectivity index (χ1n) is 10.5. The summed E-state index contributed by atoms with van der Waals surface area (Å²) in [5, 5.41) is 0. The molecule has 2 aromatic carbocycles. The number of benzene rings is 2. The molecule has 0 radical (unpaired) electrons. The average Bonchev–Trinajstić information content (AvgIpc) is 2.95. The molecule has 0 bridgehead atoms. The molecule has 2 aromatic rings. The van der Waals surface area contributed by atoms with Crippen LogP contribution in [-0.2, 0) is 5.41 Å². The van der Waals surface area contributed by atoms with Gasteiger partial charge in [-0.05, 0) is 55.0 Å². The fourth-order valence-corrected chi connectivity index (χ4v) is 4.82. The van der Waals surface area contributed by atoms with Crippen molar-refractivity contribution in [1.29, 1.82) is 0 Å². The lowest BCUT2D eigenvalue weighted by Gasteiger charge is -2.34. The minimum Gasteiger partial charge on any atom is -0.496 e. The summed E-state index contributed by atoms with van der Waals surface area (Å²) in [5.41, 5.74) is 8.57. The molecule has 3 rings (SSSR count). The zero-order valence-corrected chi connectivity index (χ0v) is 17.7. The molecule has 0 aromatic heterocycles. The van der Waals surface area contributed by atoms with Crippen LogP contribution in [0.1, 0.15) is 82.9 Å². The van der Waals surface area contributed by atoms with Crippen molar-refractivity contribution >= 4 is 6.08 Å². The van der Waals surface area contributed by atoms with Crippen molar-refractivity contribution in [2.24, 2.45) is 0 Å². The van der Waals surface area contributed by atoms with Crippen molar-refractivity contribution in [2.75, 3.05) is 7.11 Å². The van der Waals surface area contributed by atoms with Crippen LogP contribution in [0, 0.1) is 0 Å². The second-order valence-electron chi connectivity index (χ2n) is 8.16. The highest BCUT2D eigenvalue weighted by Crippen LogP contribution is 2.56. The van der Waals surface area contributed by atoms with E-state index in [0.29, 0.717) is 0 Å². The van der Waals surface area contributed by atoms with Gasteiger partial charge in [-0.1, -0.05) is 81.5 Å². The van der Waals surface area contributed by atoms with Crippen LogP contribution >= 0.6 is 0 Å². The van der Waals surface area contributed by atoms with Crippen molar-refractivity contribution in [2.45, 2.75) is 71.6 Å². The van der Waals surface area contributed by atoms with E-state index < -0.39 is 0 Å². The largest absolute Gasteiger partial charge is 0.496 e. The van der Waals surface area contributed by atoms with Crippen LogP contribution in [0.15, 0.2) is 42.0 Å². The van der Waals surface area contributed by atoms with Crippen molar-refractivity contribution in [3.8, 4) is 16.9 Å². The van der Waals surface area contributed by atoms with Crippen molar-refractivity contribution in [1.82, 2.24) is 0 Å². The third-order valence-corrected chi connectivity index (χ3v) is 5.98. The van der Waals surface area contributed by atoms with Crippen LogP contribution in [0.5, 0.6) is 5.75 Å². The summed E-state index contributed by atoms with van der Waals surface area (Å²) in [4.78, 5) is 0. The van der Waals surface area contributed by atoms with Gasteiger partial charge in [0.1, 0.15) is 5.75 Å². The van der Waals surface area contributed by atoms with Crippen molar-refractivity contribution in [3.05, 3.63) is 58.7 Å². The number of ether oxygens (including phenoxy) is 1. The van der Waals surface area contributed by atoms with Gasteiger partial charge in [-0.15, -0.1) is 0 Å². The first-order chi connectivity index (χ1) is 13.1. The van der Waals surface area contributed by atoms with Gasteiger partial charge >= 0.3 is 0 Å². The monoisotopic (exact) mass is 362 g/mol. The van der Waals surface area contributed by atoms with Gasteiger partial charge in [0.25, 0.3) is 0 Å². The number of hydrogen-bond acceptors (Lipinski definition) is 1. The molecule has 0 heterocycles. The lowest BCUT2D eigenvalue weighted by atomic mass is 9.69. The van der Waals surface area contributed by atoms with Gasteiger partial charge in [0, 0.05) is 11.0 Å². The summed E-state index contributed by atoms with van der Waals surface area (Å²) in [7, 11) is 1.80. The van der Waals surface area contributed by atoms with Crippen LogP contribution in [0.4, 0.5) is 0 Å². The quantitative estimate of drug-likeness (QED) is 0.466. The molecular weight excluding hydrogens is 328 g/mol. The third-order valence-electron chi connectivity index (χ3n) is 5.98. The second kappa shape index (κ2) is 8.33. The molecule has 1 heteroatoms. The van der Waals surface area contributed by atoms with Gasteiger partial charge in [-0.25, -0.2) is 0 Å². The average molecular weight is 363 g/mol. The zero-order chi connectivity index (χ0) is 19.4. The fraction of sp³-hybridized carbons (Fsp3) is 0.462. The lowest BCUT2D eigenvalue weighted by molar-refractivity contribution is 0.398. The van der Waals surface area contributed by atoms with Gasteiger partial charge in [0.15, 0.2) is 0 Å². The minimum atomic E-state index is 0.105. The second-order valence-corrected chi connectivity index (χ2v) is 8.16. The number of unbranched alkanes of at least 4 members (excludes halogenated alkanes) is 2. The van der Waals surface area contributed by atoms with E-state index in [1.165, 1.54) is 71.9 Å². The van der Waals surface area contributed by atoms with Crippen LogP contribution in [0.2, 0.25) is 0 Å². The van der Waals surface area contributed by atoms with E-state index in [9.17, 15) is 0 Å². The number of allylic oxidation sites excluding steroid dienone is 1. The van der Waals surface area contributed by atoms with E-state index in [1.807, 2.05) is 0 Å². The summed E-state index contributed by atoms with van der Waals surface area (Å²) in [6, 6.07) is 13.5. The lowest BCUT2D eigenvalue weighted by Crippen LogP contribution is -2.26. The maximum Gasteiger partial charge on any atom is 0.126 e. The predicted octanol–water partition coefficient (Wildman–Crippen LogP) is 7.77. The summed E-state index contributed by atoms with van der Waals surface area (Å²) < 4.78 is 5.83.